The number of hydrogen-bond donors (Lipinski definition) is 6. The van der Waals surface area contributed by atoms with Crippen molar-refractivity contribution in [2.45, 2.75) is 13.8 Å². The molecule has 0 saturated carbocycles. The van der Waals surface area contributed by atoms with Crippen LogP contribution in [0.2, 0.25) is 0 Å². The predicted octanol–water partition coefficient (Wildman–Crippen LogP) is 3.52. The zero-order valence-corrected chi connectivity index (χ0v) is 17.1. The topological polar surface area (TPSA) is 156 Å². The van der Waals surface area contributed by atoms with Gasteiger partial charge in [0.25, 0.3) is 11.8 Å². The van der Waals surface area contributed by atoms with Crippen LogP contribution in [-0.4, -0.2) is 38.0 Å². The Kier molecular flexibility index (Phi) is 6.01. The van der Waals surface area contributed by atoms with E-state index < -0.39 is 29.1 Å². The summed E-state index contributed by atoms with van der Waals surface area (Å²) in [7, 11) is 0. The molecule has 9 nitrogen and oxygen atoms in total. The number of Topliss-reactive ketones (excluding diaryl/α,β-unsaturated/α-hetero) is 1. The van der Waals surface area contributed by atoms with E-state index in [4.69, 9.17) is 0 Å². The van der Waals surface area contributed by atoms with Crippen molar-refractivity contribution in [3.05, 3.63) is 70.8 Å². The van der Waals surface area contributed by atoms with E-state index >= 15 is 0 Å². The fourth-order valence-corrected chi connectivity index (χ4v) is 2.97. The van der Waals surface area contributed by atoms with Gasteiger partial charge in [-0.2, -0.15) is 0 Å². The second-order valence-corrected chi connectivity index (χ2v) is 7.08. The van der Waals surface area contributed by atoms with Gasteiger partial charge < -0.3 is 31.1 Å². The van der Waals surface area contributed by atoms with E-state index in [9.17, 15) is 34.8 Å². The molecule has 0 aliphatic rings. The minimum atomic E-state index is -0.806. The lowest BCUT2D eigenvalue weighted by molar-refractivity contribution is 0.100. The maximum absolute atomic E-state index is 12.5. The van der Waals surface area contributed by atoms with Crippen LogP contribution in [0.1, 0.15) is 43.6 Å². The number of carbonyl (C=O) groups is 3. The van der Waals surface area contributed by atoms with Crippen molar-refractivity contribution < 1.29 is 34.8 Å². The first kappa shape index (κ1) is 22.2. The van der Waals surface area contributed by atoms with E-state index in [1.165, 1.54) is 43.3 Å². The van der Waals surface area contributed by atoms with Crippen molar-refractivity contribution >= 4 is 29.0 Å². The lowest BCUT2D eigenvalue weighted by Gasteiger charge is -2.12. The van der Waals surface area contributed by atoms with Crippen LogP contribution in [0.5, 0.6) is 23.0 Å². The summed E-state index contributed by atoms with van der Waals surface area (Å²) in [5.74, 6) is -3.23. The van der Waals surface area contributed by atoms with E-state index in [0.29, 0.717) is 11.3 Å². The van der Waals surface area contributed by atoms with Crippen molar-refractivity contribution in [3.63, 3.8) is 0 Å². The molecule has 2 amide bonds. The van der Waals surface area contributed by atoms with Gasteiger partial charge in [0.05, 0.1) is 16.7 Å². The fourth-order valence-electron chi connectivity index (χ4n) is 2.97. The van der Waals surface area contributed by atoms with Crippen LogP contribution in [0.15, 0.2) is 48.5 Å². The van der Waals surface area contributed by atoms with E-state index in [2.05, 4.69) is 10.6 Å². The molecule has 0 aliphatic heterocycles. The number of phenolic OH excluding ortho intramolecular Hbond substituents is 4. The number of nitrogens with one attached hydrogen (secondary N) is 2. The average Bonchev–Trinajstić information content (AvgIpc) is 2.73. The summed E-state index contributed by atoms with van der Waals surface area (Å²) in [5.41, 5.74) is 0.502. The number of phenols is 4. The van der Waals surface area contributed by atoms with Gasteiger partial charge in [-0.05, 0) is 67.9 Å². The summed E-state index contributed by atoms with van der Waals surface area (Å²) < 4.78 is 0. The average molecular weight is 436 g/mol. The Morgan fingerprint density at radius 2 is 1.09 bits per heavy atom. The van der Waals surface area contributed by atoms with Gasteiger partial charge in [0.1, 0.15) is 23.0 Å². The molecule has 0 radical (unpaired) electrons. The van der Waals surface area contributed by atoms with E-state index in [0.717, 1.165) is 12.1 Å². The SMILES string of the molecule is CC(=O)c1cc(NC(=O)c2cc(O)c(C(=O)Nc3ccc(O)c(C)c3)cc2O)ccc1O. The summed E-state index contributed by atoms with van der Waals surface area (Å²) in [6.07, 6.45) is 0. The van der Waals surface area contributed by atoms with E-state index in [1.54, 1.807) is 6.92 Å². The van der Waals surface area contributed by atoms with Gasteiger partial charge in [0.2, 0.25) is 0 Å². The standard InChI is InChI=1S/C23H20N2O7/c1-11-7-13(3-5-18(11)27)24-22(31)16-9-21(30)17(10-20(16)29)23(32)25-14-4-6-19(28)15(8-14)12(2)26/h3-10,27-30H,1-2H3,(H,24,31)(H,25,32). The highest BCUT2D eigenvalue weighted by Crippen LogP contribution is 2.30. The Hall–Kier alpha value is -4.53. The summed E-state index contributed by atoms with van der Waals surface area (Å²) in [6.45, 7) is 2.91. The molecule has 0 aliphatic carbocycles. The number of carbonyl (C=O) groups excluding carboxylic acids is 3. The monoisotopic (exact) mass is 436 g/mol. The molecule has 3 aromatic rings. The summed E-state index contributed by atoms with van der Waals surface area (Å²) >= 11 is 0. The Bertz CT molecular complexity index is 1250. The molecule has 0 bridgehead atoms. The summed E-state index contributed by atoms with van der Waals surface area (Å²) in [6, 6.07) is 10.1. The Morgan fingerprint density at radius 1 is 0.625 bits per heavy atom. The van der Waals surface area contributed by atoms with Gasteiger partial charge in [-0.15, -0.1) is 0 Å². The molecule has 9 heteroatoms. The smallest absolute Gasteiger partial charge is 0.259 e. The summed E-state index contributed by atoms with van der Waals surface area (Å²) in [5, 5.41) is 44.8. The van der Waals surface area contributed by atoms with Crippen LogP contribution in [0.3, 0.4) is 0 Å². The lowest BCUT2D eigenvalue weighted by Crippen LogP contribution is -2.15. The summed E-state index contributed by atoms with van der Waals surface area (Å²) in [4.78, 5) is 36.6. The molecule has 0 saturated heterocycles. The number of ketones is 1. The van der Waals surface area contributed by atoms with Crippen LogP contribution in [-0.2, 0) is 0 Å². The van der Waals surface area contributed by atoms with Crippen LogP contribution in [0.25, 0.3) is 0 Å². The molecular weight excluding hydrogens is 416 g/mol. The van der Waals surface area contributed by atoms with Gasteiger partial charge in [-0.25, -0.2) is 0 Å². The predicted molar refractivity (Wildman–Crippen MR) is 117 cm³/mol. The molecule has 3 rings (SSSR count). The number of amides is 2. The van der Waals surface area contributed by atoms with Crippen molar-refractivity contribution in [2.24, 2.45) is 0 Å². The third-order valence-corrected chi connectivity index (χ3v) is 4.69. The molecule has 0 atom stereocenters. The van der Waals surface area contributed by atoms with Gasteiger partial charge in [0.15, 0.2) is 5.78 Å². The highest BCUT2D eigenvalue weighted by Gasteiger charge is 2.20. The number of aryl methyl sites for hydroxylation is 1. The van der Waals surface area contributed by atoms with Crippen molar-refractivity contribution in [3.8, 4) is 23.0 Å². The fraction of sp³-hybridized carbons (Fsp3) is 0.0870. The molecule has 3 aromatic carbocycles. The molecule has 0 fully saturated rings. The number of rotatable bonds is 5. The van der Waals surface area contributed by atoms with Gasteiger partial charge in [-0.1, -0.05) is 0 Å². The van der Waals surface area contributed by atoms with E-state index in [-0.39, 0.29) is 33.9 Å². The molecule has 0 unspecified atom stereocenters. The first-order valence-corrected chi connectivity index (χ1v) is 9.39. The number of anilines is 2. The third kappa shape index (κ3) is 4.62. The maximum Gasteiger partial charge on any atom is 0.259 e. The van der Waals surface area contributed by atoms with Crippen LogP contribution in [0, 0.1) is 6.92 Å². The normalized spacial score (nSPS) is 10.4. The highest BCUT2D eigenvalue weighted by atomic mass is 16.3. The molecule has 164 valence electrons. The zero-order chi connectivity index (χ0) is 23.6. The van der Waals surface area contributed by atoms with Crippen molar-refractivity contribution in [1.82, 2.24) is 0 Å². The van der Waals surface area contributed by atoms with Crippen LogP contribution in [0.4, 0.5) is 11.4 Å². The number of aromatic hydroxyl groups is 4. The van der Waals surface area contributed by atoms with E-state index in [1.807, 2.05) is 0 Å². The number of hydrogen-bond acceptors (Lipinski definition) is 7. The first-order valence-electron chi connectivity index (χ1n) is 9.39. The first-order chi connectivity index (χ1) is 15.1. The minimum absolute atomic E-state index is 0.00588. The second kappa shape index (κ2) is 8.68. The van der Waals surface area contributed by atoms with Crippen molar-refractivity contribution in [1.29, 1.82) is 0 Å². The molecule has 0 spiro atoms. The quantitative estimate of drug-likeness (QED) is 0.264. The van der Waals surface area contributed by atoms with Crippen LogP contribution < -0.4 is 10.6 Å². The minimum Gasteiger partial charge on any atom is -0.508 e. The molecular formula is C23H20N2O7. The Balaban J connectivity index is 1.82. The molecule has 0 heterocycles. The van der Waals surface area contributed by atoms with Gasteiger partial charge >= 0.3 is 0 Å². The van der Waals surface area contributed by atoms with Crippen LogP contribution >= 0.6 is 0 Å². The maximum atomic E-state index is 12.5. The van der Waals surface area contributed by atoms with Gasteiger partial charge in [-0.3, -0.25) is 14.4 Å². The zero-order valence-electron chi connectivity index (χ0n) is 17.1. The molecule has 6 N–H and O–H groups in total. The number of benzene rings is 3. The lowest BCUT2D eigenvalue weighted by atomic mass is 10.1. The highest BCUT2D eigenvalue weighted by molar-refractivity contribution is 6.10. The second-order valence-electron chi connectivity index (χ2n) is 7.08. The Labute approximate surface area is 182 Å². The Morgan fingerprint density at radius 3 is 1.56 bits per heavy atom. The third-order valence-electron chi connectivity index (χ3n) is 4.69. The molecule has 32 heavy (non-hydrogen) atoms. The van der Waals surface area contributed by atoms with Crippen molar-refractivity contribution in [2.75, 3.05) is 10.6 Å². The van der Waals surface area contributed by atoms with Gasteiger partial charge in [0, 0.05) is 11.4 Å². The molecule has 0 aromatic heterocycles. The largest absolute Gasteiger partial charge is 0.508 e.